The van der Waals surface area contributed by atoms with Gasteiger partial charge in [-0.1, -0.05) is 13.8 Å². The Bertz CT molecular complexity index is 86.5. The van der Waals surface area contributed by atoms with E-state index in [1.165, 1.54) is 12.2 Å². The predicted octanol–water partition coefficient (Wildman–Crippen LogP) is 2.71. The maximum absolute atomic E-state index is 6.11. The molecule has 1 fully saturated rings. The largest absolute Gasteiger partial charge is 0.139 e. The topological polar surface area (TPSA) is 0 Å². The summed E-state index contributed by atoms with van der Waals surface area (Å²) in [4.78, 5) is 0. The second kappa shape index (κ2) is 2.11. The first-order valence-electron chi connectivity index (χ1n) is 2.98. The van der Waals surface area contributed by atoms with Gasteiger partial charge in [0.2, 0.25) is 0 Å². The molecule has 0 aromatic rings. The van der Waals surface area contributed by atoms with Crippen LogP contribution in [0.15, 0.2) is 0 Å². The Morgan fingerprint density at radius 2 is 2.12 bits per heavy atom. The fraction of sp³-hybridized carbons (Fsp3) is 1.00. The van der Waals surface area contributed by atoms with Gasteiger partial charge in [0.1, 0.15) is 0 Å². The normalized spacial score (nSPS) is 37.5. The zero-order valence-corrected chi connectivity index (χ0v) is 6.85. The van der Waals surface area contributed by atoms with E-state index in [1.54, 1.807) is 0 Å². The molecule has 1 aliphatic heterocycles. The van der Waals surface area contributed by atoms with Gasteiger partial charge < -0.3 is 0 Å². The summed E-state index contributed by atoms with van der Waals surface area (Å²) >= 11 is 7.99. The first kappa shape index (κ1) is 6.76. The van der Waals surface area contributed by atoms with Crippen LogP contribution in [0.25, 0.3) is 0 Å². The standard InChI is InChI=1S/C6H11ClS/c1-5(2)6(7)3-4-8-6/h5H,3-4H2,1-2H3. The van der Waals surface area contributed by atoms with Crippen molar-refractivity contribution in [3.05, 3.63) is 0 Å². The summed E-state index contributed by atoms with van der Waals surface area (Å²) in [7, 11) is 0. The van der Waals surface area contributed by atoms with Crippen molar-refractivity contribution in [1.82, 2.24) is 0 Å². The molecule has 0 amide bonds. The van der Waals surface area contributed by atoms with Crippen LogP contribution in [0.3, 0.4) is 0 Å². The lowest BCUT2D eigenvalue weighted by molar-refractivity contribution is 0.524. The van der Waals surface area contributed by atoms with Gasteiger partial charge in [0, 0.05) is 0 Å². The van der Waals surface area contributed by atoms with E-state index in [0.717, 1.165) is 0 Å². The number of halogens is 1. The van der Waals surface area contributed by atoms with Crippen molar-refractivity contribution in [2.24, 2.45) is 5.92 Å². The van der Waals surface area contributed by atoms with Gasteiger partial charge in [-0.25, -0.2) is 0 Å². The third-order valence-corrected chi connectivity index (χ3v) is 4.16. The smallest absolute Gasteiger partial charge is 0.0926 e. The highest BCUT2D eigenvalue weighted by molar-refractivity contribution is 8.03. The maximum Gasteiger partial charge on any atom is 0.0926 e. The minimum atomic E-state index is 0.111. The highest BCUT2D eigenvalue weighted by Gasteiger charge is 2.38. The third kappa shape index (κ3) is 0.985. The second-order valence-electron chi connectivity index (χ2n) is 2.54. The van der Waals surface area contributed by atoms with Crippen molar-refractivity contribution in [3.8, 4) is 0 Å². The molecule has 8 heavy (non-hydrogen) atoms. The van der Waals surface area contributed by atoms with E-state index in [9.17, 15) is 0 Å². The lowest BCUT2D eigenvalue weighted by Gasteiger charge is -2.38. The summed E-state index contributed by atoms with van der Waals surface area (Å²) < 4.78 is 0.111. The molecule has 2 heteroatoms. The van der Waals surface area contributed by atoms with Crippen LogP contribution in [0.1, 0.15) is 20.3 Å². The highest BCUT2D eigenvalue weighted by Crippen LogP contribution is 2.49. The molecule has 1 atom stereocenters. The van der Waals surface area contributed by atoms with E-state index < -0.39 is 0 Å². The number of thioether (sulfide) groups is 1. The minimum Gasteiger partial charge on any atom is -0.139 e. The van der Waals surface area contributed by atoms with Crippen LogP contribution < -0.4 is 0 Å². The van der Waals surface area contributed by atoms with Gasteiger partial charge in [-0.05, 0) is 18.1 Å². The van der Waals surface area contributed by atoms with Crippen LogP contribution >= 0.6 is 23.4 Å². The second-order valence-corrected chi connectivity index (χ2v) is 4.86. The van der Waals surface area contributed by atoms with Gasteiger partial charge in [0.05, 0.1) is 4.21 Å². The average molecular weight is 151 g/mol. The van der Waals surface area contributed by atoms with E-state index in [-0.39, 0.29) is 4.21 Å². The summed E-state index contributed by atoms with van der Waals surface area (Å²) in [6, 6.07) is 0. The molecular formula is C6H11ClS. The Morgan fingerprint density at radius 3 is 2.12 bits per heavy atom. The van der Waals surface area contributed by atoms with Gasteiger partial charge in [-0.2, -0.15) is 0 Å². The van der Waals surface area contributed by atoms with E-state index in [1.807, 2.05) is 11.8 Å². The Kier molecular flexibility index (Phi) is 1.78. The molecule has 1 saturated heterocycles. The Labute approximate surface area is 60.0 Å². The molecule has 0 radical (unpaired) electrons. The summed E-state index contributed by atoms with van der Waals surface area (Å²) in [5.74, 6) is 1.88. The average Bonchev–Trinajstić information content (AvgIpc) is 1.60. The molecule has 0 saturated carbocycles. The van der Waals surface area contributed by atoms with Crippen molar-refractivity contribution in [2.75, 3.05) is 5.75 Å². The summed E-state index contributed by atoms with van der Waals surface area (Å²) in [5, 5.41) is 0. The van der Waals surface area contributed by atoms with Crippen molar-refractivity contribution in [1.29, 1.82) is 0 Å². The van der Waals surface area contributed by atoms with Crippen LogP contribution in [-0.4, -0.2) is 9.96 Å². The molecule has 0 N–H and O–H groups in total. The predicted molar refractivity (Wildman–Crippen MR) is 40.5 cm³/mol. The van der Waals surface area contributed by atoms with Gasteiger partial charge in [0.25, 0.3) is 0 Å². The monoisotopic (exact) mass is 150 g/mol. The van der Waals surface area contributed by atoms with Gasteiger partial charge in [-0.15, -0.1) is 23.4 Å². The SMILES string of the molecule is CC(C)C1(Cl)CCS1. The van der Waals surface area contributed by atoms with E-state index in [2.05, 4.69) is 13.8 Å². The molecular weight excluding hydrogens is 140 g/mol. The molecule has 0 nitrogen and oxygen atoms in total. The quantitative estimate of drug-likeness (QED) is 0.518. The Hall–Kier alpha value is 0.640. The first-order chi connectivity index (χ1) is 3.65. The molecule has 0 aromatic carbocycles. The number of hydrogen-bond donors (Lipinski definition) is 0. The maximum atomic E-state index is 6.11. The van der Waals surface area contributed by atoms with Crippen LogP contribution in [0, 0.1) is 5.92 Å². The zero-order valence-electron chi connectivity index (χ0n) is 5.28. The van der Waals surface area contributed by atoms with Gasteiger partial charge in [-0.3, -0.25) is 0 Å². The molecule has 1 unspecified atom stereocenters. The number of hydrogen-bond acceptors (Lipinski definition) is 1. The molecule has 48 valence electrons. The number of rotatable bonds is 1. The molecule has 0 aliphatic carbocycles. The van der Waals surface area contributed by atoms with Gasteiger partial charge in [0.15, 0.2) is 0 Å². The minimum absolute atomic E-state index is 0.111. The lowest BCUT2D eigenvalue weighted by atomic mass is 10.1. The van der Waals surface area contributed by atoms with E-state index in [4.69, 9.17) is 11.6 Å². The van der Waals surface area contributed by atoms with E-state index >= 15 is 0 Å². The Morgan fingerprint density at radius 1 is 1.62 bits per heavy atom. The fourth-order valence-electron chi connectivity index (χ4n) is 0.752. The molecule has 0 bridgehead atoms. The molecule has 1 aliphatic rings. The molecule has 0 spiro atoms. The van der Waals surface area contributed by atoms with Crippen molar-refractivity contribution in [3.63, 3.8) is 0 Å². The van der Waals surface area contributed by atoms with Crippen LogP contribution in [0.2, 0.25) is 0 Å². The number of alkyl halides is 1. The zero-order chi connectivity index (χ0) is 6.20. The third-order valence-electron chi connectivity index (χ3n) is 1.65. The molecule has 1 heterocycles. The van der Waals surface area contributed by atoms with Crippen LogP contribution in [-0.2, 0) is 0 Å². The molecule has 0 aromatic heterocycles. The Balaban J connectivity index is 2.41. The van der Waals surface area contributed by atoms with E-state index in [0.29, 0.717) is 5.92 Å². The van der Waals surface area contributed by atoms with Crippen molar-refractivity contribution < 1.29 is 0 Å². The first-order valence-corrected chi connectivity index (χ1v) is 4.34. The van der Waals surface area contributed by atoms with Gasteiger partial charge >= 0.3 is 0 Å². The lowest BCUT2D eigenvalue weighted by Crippen LogP contribution is -2.33. The van der Waals surface area contributed by atoms with Crippen LogP contribution in [0.4, 0.5) is 0 Å². The molecule has 1 rings (SSSR count). The fourth-order valence-corrected chi connectivity index (χ4v) is 2.14. The summed E-state index contributed by atoms with van der Waals surface area (Å²) in [6.07, 6.45) is 1.19. The van der Waals surface area contributed by atoms with Crippen molar-refractivity contribution in [2.45, 2.75) is 24.5 Å². The van der Waals surface area contributed by atoms with Crippen LogP contribution in [0.5, 0.6) is 0 Å². The van der Waals surface area contributed by atoms with Crippen molar-refractivity contribution >= 4 is 23.4 Å². The summed E-state index contributed by atoms with van der Waals surface area (Å²) in [6.45, 7) is 4.36. The highest BCUT2D eigenvalue weighted by atomic mass is 35.5. The summed E-state index contributed by atoms with van der Waals surface area (Å²) in [5.41, 5.74) is 0.